The molecule has 0 radical (unpaired) electrons. The molecule has 1 atom stereocenters. The molecular formula is C19H31BN2O6S. The van der Waals surface area contributed by atoms with E-state index in [1.165, 1.54) is 12.1 Å². The summed E-state index contributed by atoms with van der Waals surface area (Å²) in [7, 11) is -4.38. The van der Waals surface area contributed by atoms with Gasteiger partial charge in [0.15, 0.2) is 0 Å². The number of hydrogen-bond acceptors (Lipinski definition) is 5. The molecular weight excluding hydrogens is 395 g/mol. The van der Waals surface area contributed by atoms with Gasteiger partial charge in [-0.05, 0) is 50.7 Å². The lowest BCUT2D eigenvalue weighted by Crippen LogP contribution is -2.50. The van der Waals surface area contributed by atoms with Gasteiger partial charge in [0.25, 0.3) is 0 Å². The summed E-state index contributed by atoms with van der Waals surface area (Å²) in [5, 5.41) is 11.4. The van der Waals surface area contributed by atoms with Crippen molar-refractivity contribution in [1.82, 2.24) is 10.0 Å². The van der Waals surface area contributed by atoms with Crippen LogP contribution in [0.2, 0.25) is 0 Å². The van der Waals surface area contributed by atoms with E-state index >= 15 is 0 Å². The van der Waals surface area contributed by atoms with Gasteiger partial charge in [-0.1, -0.05) is 32.9 Å². The van der Waals surface area contributed by atoms with E-state index in [0.29, 0.717) is 0 Å². The minimum Gasteiger partial charge on any atom is -0.465 e. The summed E-state index contributed by atoms with van der Waals surface area (Å²) in [5.74, 6) is 0. The first kappa shape index (κ1) is 23.7. The number of carbonyl (C=O) groups is 1. The Bertz CT molecular complexity index is 830. The number of nitrogens with one attached hydrogen (secondary N) is 2. The number of benzene rings is 1. The van der Waals surface area contributed by atoms with Crippen LogP contribution in [0.1, 0.15) is 48.5 Å². The summed E-state index contributed by atoms with van der Waals surface area (Å²) < 4.78 is 39.7. The third-order valence-electron chi connectivity index (χ3n) is 5.54. The smallest absolute Gasteiger partial charge is 0.465 e. The molecule has 1 unspecified atom stereocenters. The van der Waals surface area contributed by atoms with Crippen LogP contribution in [-0.4, -0.2) is 50.5 Å². The van der Waals surface area contributed by atoms with Gasteiger partial charge in [-0.25, -0.2) is 17.9 Å². The SMILES string of the molecule is CC(C)(C)C(CNS(=O)(=O)c1ccc(B2OC(C)(C)C(C)(C)O2)cc1)NC(=O)O. The monoisotopic (exact) mass is 426 g/mol. The second-order valence-electron chi connectivity index (χ2n) is 9.38. The van der Waals surface area contributed by atoms with Crippen molar-refractivity contribution < 1.29 is 27.6 Å². The molecule has 3 N–H and O–H groups in total. The van der Waals surface area contributed by atoms with Crippen LogP contribution < -0.4 is 15.5 Å². The van der Waals surface area contributed by atoms with Gasteiger partial charge in [-0.15, -0.1) is 0 Å². The highest BCUT2D eigenvalue weighted by Crippen LogP contribution is 2.36. The van der Waals surface area contributed by atoms with E-state index in [1.807, 2.05) is 48.5 Å². The first-order valence-corrected chi connectivity index (χ1v) is 11.0. The van der Waals surface area contributed by atoms with E-state index in [-0.39, 0.29) is 11.4 Å². The third-order valence-corrected chi connectivity index (χ3v) is 6.98. The zero-order valence-corrected chi connectivity index (χ0v) is 18.9. The van der Waals surface area contributed by atoms with Crippen molar-refractivity contribution in [2.24, 2.45) is 5.41 Å². The highest BCUT2D eigenvalue weighted by atomic mass is 32.2. The van der Waals surface area contributed by atoms with Crippen LogP contribution in [0.3, 0.4) is 0 Å². The van der Waals surface area contributed by atoms with Crippen molar-refractivity contribution in [2.45, 2.75) is 70.6 Å². The van der Waals surface area contributed by atoms with Gasteiger partial charge >= 0.3 is 13.2 Å². The lowest BCUT2D eigenvalue weighted by molar-refractivity contribution is 0.00578. The van der Waals surface area contributed by atoms with Crippen molar-refractivity contribution in [3.8, 4) is 0 Å². The first-order chi connectivity index (χ1) is 13.1. The number of amides is 1. The van der Waals surface area contributed by atoms with E-state index in [9.17, 15) is 13.2 Å². The van der Waals surface area contributed by atoms with Crippen LogP contribution in [0.15, 0.2) is 29.2 Å². The van der Waals surface area contributed by atoms with Gasteiger partial charge in [0.05, 0.1) is 22.1 Å². The minimum absolute atomic E-state index is 0.0584. The van der Waals surface area contributed by atoms with E-state index in [2.05, 4.69) is 10.0 Å². The molecule has 1 heterocycles. The van der Waals surface area contributed by atoms with Crippen LogP contribution >= 0.6 is 0 Å². The zero-order valence-electron chi connectivity index (χ0n) is 18.1. The average Bonchev–Trinajstić information content (AvgIpc) is 2.78. The molecule has 2 rings (SSSR count). The van der Waals surface area contributed by atoms with Crippen LogP contribution in [0.4, 0.5) is 4.79 Å². The average molecular weight is 426 g/mol. The summed E-state index contributed by atoms with van der Waals surface area (Å²) in [4.78, 5) is 11.1. The number of sulfonamides is 1. The molecule has 1 fully saturated rings. The molecule has 162 valence electrons. The third kappa shape index (κ3) is 5.51. The standard InChI is InChI=1S/C19H31BN2O6S/c1-17(2,3)15(22-16(23)24)12-21-29(25,26)14-10-8-13(9-11-14)20-27-18(4,5)19(6,7)28-20/h8-11,15,21-22H,12H2,1-7H3,(H,23,24). The van der Waals surface area contributed by atoms with Crippen molar-refractivity contribution >= 4 is 28.7 Å². The van der Waals surface area contributed by atoms with E-state index < -0.39 is 45.9 Å². The fourth-order valence-corrected chi connectivity index (χ4v) is 3.83. The molecule has 8 nitrogen and oxygen atoms in total. The molecule has 0 bridgehead atoms. The quantitative estimate of drug-likeness (QED) is 0.600. The van der Waals surface area contributed by atoms with E-state index in [4.69, 9.17) is 14.4 Å². The van der Waals surface area contributed by atoms with Gasteiger partial charge in [-0.3, -0.25) is 0 Å². The Balaban J connectivity index is 2.11. The van der Waals surface area contributed by atoms with Crippen LogP contribution in [0.25, 0.3) is 0 Å². The van der Waals surface area contributed by atoms with Gasteiger partial charge in [0.1, 0.15) is 0 Å². The summed E-state index contributed by atoms with van der Waals surface area (Å²) in [5.41, 5.74) is -0.698. The Morgan fingerprint density at radius 2 is 1.59 bits per heavy atom. The Morgan fingerprint density at radius 1 is 1.10 bits per heavy atom. The van der Waals surface area contributed by atoms with Gasteiger partial charge in [-0.2, -0.15) is 0 Å². The Kier molecular flexibility index (Phi) is 6.45. The number of carboxylic acid groups (broad SMARTS) is 1. The predicted octanol–water partition coefficient (Wildman–Crippen LogP) is 1.95. The molecule has 1 saturated heterocycles. The highest BCUT2D eigenvalue weighted by Gasteiger charge is 2.51. The van der Waals surface area contributed by atoms with Gasteiger partial charge < -0.3 is 19.7 Å². The molecule has 0 aliphatic carbocycles. The summed E-state index contributed by atoms with van der Waals surface area (Å²) in [6.07, 6.45) is -1.20. The van der Waals surface area contributed by atoms with Crippen molar-refractivity contribution in [3.63, 3.8) is 0 Å². The summed E-state index contributed by atoms with van der Waals surface area (Å²) in [6, 6.07) is 5.71. The number of hydrogen-bond donors (Lipinski definition) is 3. The Labute approximate surface area is 173 Å². The molecule has 1 aromatic carbocycles. The molecule has 0 saturated carbocycles. The summed E-state index contributed by atoms with van der Waals surface area (Å²) in [6.45, 7) is 13.2. The van der Waals surface area contributed by atoms with Gasteiger partial charge in [0.2, 0.25) is 10.0 Å². The second kappa shape index (κ2) is 7.90. The second-order valence-corrected chi connectivity index (χ2v) is 11.1. The van der Waals surface area contributed by atoms with Crippen LogP contribution in [-0.2, 0) is 19.3 Å². The Hall–Kier alpha value is -1.62. The molecule has 1 amide bonds. The lowest BCUT2D eigenvalue weighted by Gasteiger charge is -2.32. The fraction of sp³-hybridized carbons (Fsp3) is 0.632. The van der Waals surface area contributed by atoms with E-state index in [0.717, 1.165) is 5.46 Å². The molecule has 0 spiro atoms. The zero-order chi connectivity index (χ0) is 22.3. The van der Waals surface area contributed by atoms with Gasteiger partial charge in [0, 0.05) is 6.54 Å². The molecule has 0 aromatic heterocycles. The topological polar surface area (TPSA) is 114 Å². The van der Waals surface area contributed by atoms with Crippen molar-refractivity contribution in [3.05, 3.63) is 24.3 Å². The lowest BCUT2D eigenvalue weighted by atomic mass is 9.79. The Morgan fingerprint density at radius 3 is 2.00 bits per heavy atom. The molecule has 1 aromatic rings. The molecule has 1 aliphatic rings. The maximum Gasteiger partial charge on any atom is 0.494 e. The molecule has 10 heteroatoms. The van der Waals surface area contributed by atoms with Crippen molar-refractivity contribution in [2.75, 3.05) is 6.54 Å². The first-order valence-electron chi connectivity index (χ1n) is 9.50. The predicted molar refractivity (Wildman–Crippen MR) is 112 cm³/mol. The van der Waals surface area contributed by atoms with Crippen molar-refractivity contribution in [1.29, 1.82) is 0 Å². The minimum atomic E-state index is -3.80. The van der Waals surface area contributed by atoms with E-state index in [1.54, 1.807) is 12.1 Å². The largest absolute Gasteiger partial charge is 0.494 e. The highest BCUT2D eigenvalue weighted by molar-refractivity contribution is 7.89. The summed E-state index contributed by atoms with van der Waals surface area (Å²) >= 11 is 0. The fourth-order valence-electron chi connectivity index (χ4n) is 2.78. The maximum atomic E-state index is 12.6. The maximum absolute atomic E-state index is 12.6. The normalized spacial score (nSPS) is 19.8. The molecule has 29 heavy (non-hydrogen) atoms. The van der Waals surface area contributed by atoms with Crippen LogP contribution in [0, 0.1) is 5.41 Å². The number of rotatable bonds is 6. The molecule has 1 aliphatic heterocycles. The van der Waals surface area contributed by atoms with Crippen LogP contribution in [0.5, 0.6) is 0 Å².